The first-order valence-corrected chi connectivity index (χ1v) is 14.9. The third kappa shape index (κ3) is 6.80. The Kier molecular flexibility index (Phi) is 8.72. The standard InChI is InChI=1S/C30H48NOPS/c1-27(2,3)23-20-18-22(19-21-23)26(31(13)34(32)30(10,11)12)24-16-14-15-17-25(24)33(28(4,5)6)29(7,8)9/h14-21,26H,1-13H3/t26-,34+/m0/s1. The van der Waals surface area contributed by atoms with Crippen molar-refractivity contribution >= 4 is 24.2 Å². The van der Waals surface area contributed by atoms with Crippen molar-refractivity contribution < 1.29 is 4.21 Å². The van der Waals surface area contributed by atoms with Crippen LogP contribution in [0.3, 0.4) is 0 Å². The van der Waals surface area contributed by atoms with Crippen LogP contribution in [0.1, 0.15) is 106 Å². The molecule has 2 nitrogen and oxygen atoms in total. The van der Waals surface area contributed by atoms with Crippen LogP contribution >= 0.6 is 7.92 Å². The first-order chi connectivity index (χ1) is 15.3. The zero-order valence-electron chi connectivity index (χ0n) is 23.9. The highest BCUT2D eigenvalue weighted by atomic mass is 32.2. The van der Waals surface area contributed by atoms with Gasteiger partial charge in [0.2, 0.25) is 0 Å². The second-order valence-electron chi connectivity index (χ2n) is 13.4. The highest BCUT2D eigenvalue weighted by molar-refractivity contribution is 7.84. The molecule has 2 rings (SSSR count). The van der Waals surface area contributed by atoms with Gasteiger partial charge < -0.3 is 0 Å². The Labute approximate surface area is 214 Å². The molecule has 0 aromatic heterocycles. The Balaban J connectivity index is 2.81. The van der Waals surface area contributed by atoms with Crippen molar-refractivity contribution in [3.05, 3.63) is 65.2 Å². The molecule has 2 atom stereocenters. The summed E-state index contributed by atoms with van der Waals surface area (Å²) in [7, 11) is 0.362. The lowest BCUT2D eigenvalue weighted by atomic mass is 9.86. The molecule has 0 aliphatic carbocycles. The van der Waals surface area contributed by atoms with Crippen LogP contribution in [0.15, 0.2) is 48.5 Å². The second-order valence-corrected chi connectivity index (χ2v) is 19.6. The van der Waals surface area contributed by atoms with E-state index in [-0.39, 0.29) is 26.5 Å². The van der Waals surface area contributed by atoms with Gasteiger partial charge >= 0.3 is 0 Å². The largest absolute Gasteiger partial charge is 0.242 e. The Morgan fingerprint density at radius 3 is 1.62 bits per heavy atom. The average molecular weight is 502 g/mol. The van der Waals surface area contributed by atoms with Crippen molar-refractivity contribution in [2.75, 3.05) is 7.05 Å². The Bertz CT molecular complexity index is 971. The van der Waals surface area contributed by atoms with Gasteiger partial charge in [-0.3, -0.25) is 0 Å². The molecule has 0 unspecified atom stereocenters. The minimum Gasteiger partial charge on any atom is -0.242 e. The minimum atomic E-state index is -1.16. The van der Waals surface area contributed by atoms with E-state index in [4.69, 9.17) is 0 Å². The zero-order valence-corrected chi connectivity index (χ0v) is 25.6. The molecule has 0 bridgehead atoms. The zero-order chi connectivity index (χ0) is 26.3. The first kappa shape index (κ1) is 29.2. The lowest BCUT2D eigenvalue weighted by Crippen LogP contribution is -2.40. The number of hydrogen-bond donors (Lipinski definition) is 0. The van der Waals surface area contributed by atoms with Crippen LogP contribution in [0.25, 0.3) is 0 Å². The highest BCUT2D eigenvalue weighted by Gasteiger charge is 2.39. The molecular weight excluding hydrogens is 453 g/mol. The summed E-state index contributed by atoms with van der Waals surface area (Å²) in [6.07, 6.45) is 0. The van der Waals surface area contributed by atoms with Gasteiger partial charge in [-0.05, 0) is 58.5 Å². The molecule has 2 aromatic carbocycles. The quantitative estimate of drug-likeness (QED) is 0.378. The molecule has 0 fully saturated rings. The summed E-state index contributed by atoms with van der Waals surface area (Å²) >= 11 is 0. The van der Waals surface area contributed by atoms with Gasteiger partial charge in [-0.15, -0.1) is 0 Å². The average Bonchev–Trinajstić information content (AvgIpc) is 2.65. The summed E-state index contributed by atoms with van der Waals surface area (Å²) in [6.45, 7) is 27.1. The predicted molar refractivity (Wildman–Crippen MR) is 155 cm³/mol. The van der Waals surface area contributed by atoms with Crippen LogP contribution in [0, 0.1) is 0 Å². The van der Waals surface area contributed by atoms with Crippen LogP contribution in [0.4, 0.5) is 0 Å². The molecule has 4 heteroatoms. The van der Waals surface area contributed by atoms with Gasteiger partial charge in [0, 0.05) is 7.05 Å². The van der Waals surface area contributed by atoms with Gasteiger partial charge in [-0.25, -0.2) is 8.51 Å². The maximum atomic E-state index is 13.7. The summed E-state index contributed by atoms with van der Waals surface area (Å²) in [4.78, 5) is 0. The summed E-state index contributed by atoms with van der Waals surface area (Å²) in [5.74, 6) is 0. The van der Waals surface area contributed by atoms with E-state index in [1.54, 1.807) is 0 Å². The molecule has 34 heavy (non-hydrogen) atoms. The van der Waals surface area contributed by atoms with E-state index in [9.17, 15) is 4.21 Å². The molecule has 190 valence electrons. The number of benzene rings is 2. The van der Waals surface area contributed by atoms with E-state index in [1.165, 1.54) is 22.0 Å². The van der Waals surface area contributed by atoms with Gasteiger partial charge in [-0.1, -0.05) is 119 Å². The fourth-order valence-corrected chi connectivity index (χ4v) is 10.4. The number of nitrogens with zero attached hydrogens (tertiary/aromatic N) is 1. The van der Waals surface area contributed by atoms with Gasteiger partial charge in [0.25, 0.3) is 0 Å². The van der Waals surface area contributed by atoms with Crippen molar-refractivity contribution in [1.82, 2.24) is 4.31 Å². The maximum absolute atomic E-state index is 13.7. The van der Waals surface area contributed by atoms with Gasteiger partial charge in [0.15, 0.2) is 0 Å². The smallest absolute Gasteiger partial charge is 0.100 e. The number of hydrogen-bond acceptors (Lipinski definition) is 1. The SMILES string of the molecule is CN([C@@H](c1ccc(C(C)(C)C)cc1)c1ccccc1P(C(C)(C)C)C(C)(C)C)[S@](=O)C(C)(C)C. The lowest BCUT2D eigenvalue weighted by molar-refractivity contribution is 0.441. The van der Waals surface area contributed by atoms with Crippen LogP contribution < -0.4 is 5.30 Å². The highest BCUT2D eigenvalue weighted by Crippen LogP contribution is 2.59. The van der Waals surface area contributed by atoms with E-state index >= 15 is 0 Å². The van der Waals surface area contributed by atoms with Gasteiger partial charge in [0.05, 0.1) is 10.8 Å². The summed E-state index contributed by atoms with van der Waals surface area (Å²) in [5.41, 5.74) is 3.88. The van der Waals surface area contributed by atoms with Gasteiger partial charge in [0.1, 0.15) is 11.0 Å². The van der Waals surface area contributed by atoms with Crippen molar-refractivity contribution in [3.8, 4) is 0 Å². The third-order valence-corrected chi connectivity index (χ3v) is 11.4. The molecule has 0 saturated carbocycles. The predicted octanol–water partition coefficient (Wildman–Crippen LogP) is 8.17. The molecule has 0 aliphatic rings. The van der Waals surface area contributed by atoms with E-state index in [0.717, 1.165) is 0 Å². The topological polar surface area (TPSA) is 20.3 Å². The van der Waals surface area contributed by atoms with E-state index < -0.39 is 18.9 Å². The third-order valence-electron chi connectivity index (χ3n) is 6.06. The molecule has 0 aliphatic heterocycles. The number of rotatable bonds is 5. The van der Waals surface area contributed by atoms with E-state index in [0.29, 0.717) is 0 Å². The van der Waals surface area contributed by atoms with Crippen LogP contribution in [0.5, 0.6) is 0 Å². The Morgan fingerprint density at radius 2 is 1.21 bits per heavy atom. The Morgan fingerprint density at radius 1 is 0.735 bits per heavy atom. The molecule has 0 radical (unpaired) electrons. The van der Waals surface area contributed by atoms with E-state index in [2.05, 4.69) is 136 Å². The fraction of sp³-hybridized carbons (Fsp3) is 0.600. The fourth-order valence-electron chi connectivity index (χ4n) is 4.93. The molecule has 0 N–H and O–H groups in total. The molecular formula is C30H48NOPS. The van der Waals surface area contributed by atoms with Crippen LogP contribution in [0.2, 0.25) is 0 Å². The van der Waals surface area contributed by atoms with Crippen LogP contribution in [-0.4, -0.2) is 30.6 Å². The maximum Gasteiger partial charge on any atom is 0.100 e. The van der Waals surface area contributed by atoms with Crippen molar-refractivity contribution in [1.29, 1.82) is 0 Å². The minimum absolute atomic E-state index is 0.0834. The van der Waals surface area contributed by atoms with Gasteiger partial charge in [-0.2, -0.15) is 0 Å². The summed E-state index contributed by atoms with van der Waals surface area (Å²) in [5, 5.41) is 1.71. The normalized spacial score (nSPS) is 15.6. The molecule has 0 heterocycles. The first-order valence-electron chi connectivity index (χ1n) is 12.4. The van der Waals surface area contributed by atoms with Crippen LogP contribution in [-0.2, 0) is 16.4 Å². The lowest BCUT2D eigenvalue weighted by Gasteiger charge is -2.44. The van der Waals surface area contributed by atoms with E-state index in [1.807, 2.05) is 7.05 Å². The van der Waals surface area contributed by atoms with Crippen molar-refractivity contribution in [3.63, 3.8) is 0 Å². The molecule has 0 spiro atoms. The summed E-state index contributed by atoms with van der Waals surface area (Å²) < 4.78 is 15.4. The second kappa shape index (κ2) is 10.2. The van der Waals surface area contributed by atoms with Crippen molar-refractivity contribution in [2.24, 2.45) is 0 Å². The molecule has 0 amide bonds. The molecule has 2 aromatic rings. The molecule has 0 saturated heterocycles. The monoisotopic (exact) mass is 501 g/mol. The summed E-state index contributed by atoms with van der Waals surface area (Å²) in [6, 6.07) is 17.8. The Hall–Kier alpha value is -1.02. The van der Waals surface area contributed by atoms with Crippen molar-refractivity contribution in [2.45, 2.75) is 110 Å².